The minimum Gasteiger partial charge on any atom is -0.484 e. The minimum atomic E-state index is -0.447. The summed E-state index contributed by atoms with van der Waals surface area (Å²) in [6.07, 6.45) is 1.46. The maximum Gasteiger partial charge on any atom is 0.271 e. The number of nitrogens with one attached hydrogen (secondary N) is 2. The Hall–Kier alpha value is -3.71. The van der Waals surface area contributed by atoms with Crippen LogP contribution < -0.4 is 15.5 Å². The van der Waals surface area contributed by atoms with Crippen LogP contribution >= 0.6 is 11.6 Å². The number of anilines is 1. The highest BCUT2D eigenvalue weighted by Gasteiger charge is 2.05. The maximum absolute atomic E-state index is 12.9. The smallest absolute Gasteiger partial charge is 0.271 e. The fraction of sp³-hybridized carbons (Fsp3) is 0.0455. The number of ether oxygens (including phenoxy) is 1. The van der Waals surface area contributed by atoms with Gasteiger partial charge in [-0.15, -0.1) is 0 Å². The molecule has 30 heavy (non-hydrogen) atoms. The summed E-state index contributed by atoms with van der Waals surface area (Å²) < 4.78 is 18.3. The highest BCUT2D eigenvalue weighted by molar-refractivity contribution is 6.30. The Morgan fingerprint density at radius 2 is 1.77 bits per heavy atom. The van der Waals surface area contributed by atoms with Gasteiger partial charge in [-0.3, -0.25) is 9.59 Å². The van der Waals surface area contributed by atoms with Crippen molar-refractivity contribution in [2.75, 3.05) is 11.9 Å². The lowest BCUT2D eigenvalue weighted by Gasteiger charge is -2.08. The number of nitrogens with zero attached hydrogens (tertiary/aromatic N) is 1. The van der Waals surface area contributed by atoms with E-state index >= 15 is 0 Å². The van der Waals surface area contributed by atoms with E-state index in [1.807, 2.05) is 0 Å². The molecule has 2 amide bonds. The first kappa shape index (κ1) is 21.0. The second-order valence-corrected chi connectivity index (χ2v) is 6.56. The maximum atomic E-state index is 12.9. The quantitative estimate of drug-likeness (QED) is 0.438. The lowest BCUT2D eigenvalue weighted by atomic mass is 10.2. The number of amides is 2. The van der Waals surface area contributed by atoms with Gasteiger partial charge in [-0.1, -0.05) is 17.7 Å². The average Bonchev–Trinajstić information content (AvgIpc) is 2.73. The lowest BCUT2D eigenvalue weighted by Crippen LogP contribution is -2.20. The van der Waals surface area contributed by atoms with Crippen LogP contribution in [0, 0.1) is 5.82 Å². The van der Waals surface area contributed by atoms with Crippen LogP contribution in [0.2, 0.25) is 5.02 Å². The summed E-state index contributed by atoms with van der Waals surface area (Å²) in [4.78, 5) is 23.8. The zero-order valence-electron chi connectivity index (χ0n) is 15.6. The van der Waals surface area contributed by atoms with Crippen LogP contribution in [0.4, 0.5) is 10.1 Å². The first-order valence-electron chi connectivity index (χ1n) is 8.87. The second-order valence-electron chi connectivity index (χ2n) is 6.12. The number of carbonyl (C=O) groups is 2. The van der Waals surface area contributed by atoms with Gasteiger partial charge < -0.3 is 10.1 Å². The van der Waals surface area contributed by atoms with Crippen LogP contribution in [0.5, 0.6) is 5.75 Å². The van der Waals surface area contributed by atoms with Crippen molar-refractivity contribution < 1.29 is 18.7 Å². The molecule has 6 nitrogen and oxygen atoms in total. The molecular weight excluding hydrogens is 409 g/mol. The summed E-state index contributed by atoms with van der Waals surface area (Å²) in [5.74, 6) is -0.675. The zero-order valence-corrected chi connectivity index (χ0v) is 16.4. The summed E-state index contributed by atoms with van der Waals surface area (Å²) >= 11 is 5.88. The molecule has 0 bridgehead atoms. The molecule has 3 aromatic rings. The predicted molar refractivity (Wildman–Crippen MR) is 113 cm³/mol. The monoisotopic (exact) mass is 425 g/mol. The van der Waals surface area contributed by atoms with Crippen LogP contribution in [0.25, 0.3) is 0 Å². The van der Waals surface area contributed by atoms with Gasteiger partial charge in [-0.2, -0.15) is 5.10 Å². The largest absolute Gasteiger partial charge is 0.484 e. The summed E-state index contributed by atoms with van der Waals surface area (Å²) in [6, 6.07) is 18.8. The highest BCUT2D eigenvalue weighted by atomic mass is 35.5. The second kappa shape index (κ2) is 10.2. The molecule has 3 rings (SSSR count). The molecule has 0 atom stereocenters. The molecule has 2 N–H and O–H groups in total. The van der Waals surface area contributed by atoms with Crippen molar-refractivity contribution >= 4 is 35.3 Å². The third kappa shape index (κ3) is 6.42. The van der Waals surface area contributed by atoms with E-state index in [0.29, 0.717) is 27.6 Å². The Balaban J connectivity index is 1.46. The van der Waals surface area contributed by atoms with E-state index in [-0.39, 0.29) is 12.5 Å². The van der Waals surface area contributed by atoms with Crippen molar-refractivity contribution in [3.8, 4) is 5.75 Å². The van der Waals surface area contributed by atoms with Crippen LogP contribution in [0.1, 0.15) is 15.9 Å². The van der Waals surface area contributed by atoms with Crippen LogP contribution in [-0.4, -0.2) is 24.6 Å². The van der Waals surface area contributed by atoms with Crippen molar-refractivity contribution in [2.45, 2.75) is 0 Å². The molecule has 0 heterocycles. The first-order valence-corrected chi connectivity index (χ1v) is 9.25. The van der Waals surface area contributed by atoms with Gasteiger partial charge in [0, 0.05) is 16.3 Å². The van der Waals surface area contributed by atoms with Gasteiger partial charge in [0.2, 0.25) is 0 Å². The van der Waals surface area contributed by atoms with Crippen molar-refractivity contribution in [3.63, 3.8) is 0 Å². The Kier molecular flexibility index (Phi) is 7.13. The molecule has 0 aliphatic carbocycles. The summed E-state index contributed by atoms with van der Waals surface area (Å²) in [5, 5.41) is 7.08. The fourth-order valence-electron chi connectivity index (χ4n) is 2.39. The molecule has 152 valence electrons. The van der Waals surface area contributed by atoms with Gasteiger partial charge in [0.1, 0.15) is 11.6 Å². The SMILES string of the molecule is O=C(COc1ccc(/C=N/NC(=O)c2ccc(F)cc2)cc1)Nc1cccc(Cl)c1. The van der Waals surface area contributed by atoms with Gasteiger partial charge in [-0.25, -0.2) is 9.82 Å². The van der Waals surface area contributed by atoms with Crippen LogP contribution in [0.3, 0.4) is 0 Å². The summed E-state index contributed by atoms with van der Waals surface area (Å²) in [7, 11) is 0. The zero-order chi connectivity index (χ0) is 21.3. The molecule has 0 unspecified atom stereocenters. The molecule has 0 aliphatic rings. The van der Waals surface area contributed by atoms with Gasteiger partial charge in [0.05, 0.1) is 6.21 Å². The molecular formula is C22H17ClFN3O3. The van der Waals surface area contributed by atoms with E-state index in [2.05, 4.69) is 15.8 Å². The Labute approximate surface area is 177 Å². The Bertz CT molecular complexity index is 1050. The van der Waals surface area contributed by atoms with Gasteiger partial charge >= 0.3 is 0 Å². The van der Waals surface area contributed by atoms with Crippen molar-refractivity contribution in [1.82, 2.24) is 5.43 Å². The third-order valence-corrected chi connectivity index (χ3v) is 4.08. The van der Waals surface area contributed by atoms with Crippen molar-refractivity contribution in [3.05, 3.63) is 94.8 Å². The van der Waals surface area contributed by atoms with Crippen molar-refractivity contribution in [1.29, 1.82) is 0 Å². The number of halogens is 2. The van der Waals surface area contributed by atoms with Crippen LogP contribution in [0.15, 0.2) is 77.9 Å². The number of benzene rings is 3. The van der Waals surface area contributed by atoms with Crippen molar-refractivity contribution in [2.24, 2.45) is 5.10 Å². The lowest BCUT2D eigenvalue weighted by molar-refractivity contribution is -0.118. The molecule has 3 aromatic carbocycles. The van der Waals surface area contributed by atoms with E-state index in [1.165, 1.54) is 30.5 Å². The van der Waals surface area contributed by atoms with E-state index in [1.54, 1.807) is 48.5 Å². The van der Waals surface area contributed by atoms with E-state index in [9.17, 15) is 14.0 Å². The minimum absolute atomic E-state index is 0.159. The molecule has 0 aromatic heterocycles. The Morgan fingerprint density at radius 3 is 2.47 bits per heavy atom. The number of hydrogen-bond donors (Lipinski definition) is 2. The highest BCUT2D eigenvalue weighted by Crippen LogP contribution is 2.15. The average molecular weight is 426 g/mol. The predicted octanol–water partition coefficient (Wildman–Crippen LogP) is 4.26. The fourth-order valence-corrected chi connectivity index (χ4v) is 2.58. The number of hydrogen-bond acceptors (Lipinski definition) is 4. The molecule has 0 aliphatic heterocycles. The molecule has 0 spiro atoms. The molecule has 0 saturated carbocycles. The Morgan fingerprint density at radius 1 is 1.03 bits per heavy atom. The van der Waals surface area contributed by atoms with Gasteiger partial charge in [-0.05, 0) is 72.3 Å². The first-order chi connectivity index (χ1) is 14.5. The van der Waals surface area contributed by atoms with Gasteiger partial charge in [0.15, 0.2) is 6.61 Å². The number of rotatable bonds is 7. The number of carbonyl (C=O) groups excluding carboxylic acids is 2. The van der Waals surface area contributed by atoms with E-state index in [4.69, 9.17) is 16.3 Å². The summed E-state index contributed by atoms with van der Waals surface area (Å²) in [6.45, 7) is -0.159. The van der Waals surface area contributed by atoms with E-state index in [0.717, 1.165) is 0 Å². The van der Waals surface area contributed by atoms with E-state index < -0.39 is 11.7 Å². The third-order valence-electron chi connectivity index (χ3n) is 3.84. The molecule has 0 saturated heterocycles. The normalized spacial score (nSPS) is 10.6. The summed E-state index contributed by atoms with van der Waals surface area (Å²) in [5.41, 5.74) is 3.96. The molecule has 0 radical (unpaired) electrons. The number of hydrazone groups is 1. The molecule has 0 fully saturated rings. The van der Waals surface area contributed by atoms with Gasteiger partial charge in [0.25, 0.3) is 11.8 Å². The standard InChI is InChI=1S/C22H17ClFN3O3/c23-17-2-1-3-19(12-17)26-21(28)14-30-20-10-4-15(5-11-20)13-25-27-22(29)16-6-8-18(24)9-7-16/h1-13H,14H2,(H,26,28)(H,27,29)/b25-13+. The molecule has 8 heteroatoms. The topological polar surface area (TPSA) is 79.8 Å². The van der Waals surface area contributed by atoms with Crippen LogP contribution in [-0.2, 0) is 4.79 Å².